The highest BCUT2D eigenvalue weighted by atomic mass is 32.2. The first-order valence-electron chi connectivity index (χ1n) is 21.4. The Morgan fingerprint density at radius 2 is 1.81 bits per heavy atom. The molecule has 0 bridgehead atoms. The number of primary amides is 1. The van der Waals surface area contributed by atoms with Gasteiger partial charge in [-0.1, -0.05) is 38.8 Å². The molecule has 2 saturated carbocycles. The lowest BCUT2D eigenvalue weighted by Crippen LogP contribution is -2.49. The van der Waals surface area contributed by atoms with Crippen LogP contribution in [0.1, 0.15) is 94.4 Å². The summed E-state index contributed by atoms with van der Waals surface area (Å²) in [6.45, 7) is 5.88. The minimum Gasteiger partial charge on any atom is -0.496 e. The molecule has 5 atom stereocenters. The van der Waals surface area contributed by atoms with Crippen molar-refractivity contribution in [1.29, 1.82) is 0 Å². The number of nitrogens with one attached hydrogen (secondary N) is 2. The Morgan fingerprint density at radius 3 is 2.48 bits per heavy atom. The maximum Gasteiger partial charge on any atom is 0.416 e. The Kier molecular flexibility index (Phi) is 13.9. The van der Waals surface area contributed by atoms with E-state index in [1.54, 1.807) is 19.2 Å². The van der Waals surface area contributed by atoms with Crippen molar-refractivity contribution in [3.8, 4) is 22.2 Å². The number of aryl methyl sites for hydroxylation is 1. The zero-order valence-electron chi connectivity index (χ0n) is 35.9. The zero-order valence-corrected chi connectivity index (χ0v) is 37.5. The molecule has 4 aromatic rings. The fourth-order valence-corrected chi connectivity index (χ4v) is 10.3. The van der Waals surface area contributed by atoms with Gasteiger partial charge in [-0.05, 0) is 87.6 Å². The molecule has 3 amide bonds. The van der Waals surface area contributed by atoms with Crippen molar-refractivity contribution in [3.05, 3.63) is 76.6 Å². The number of fused-ring (bicyclic) bond motifs is 1. The fourth-order valence-electron chi connectivity index (χ4n) is 8.01. The lowest BCUT2D eigenvalue weighted by Gasteiger charge is -2.28. The number of unbranched alkanes of at least 4 members (excludes halogenated alkanes) is 3. The summed E-state index contributed by atoms with van der Waals surface area (Å²) in [6, 6.07) is 5.08. The number of halogens is 4. The molecule has 3 fully saturated rings. The number of hydrogen-bond acceptors (Lipinski definition) is 11. The Bertz CT molecular complexity index is 2550. The van der Waals surface area contributed by atoms with Gasteiger partial charge in [0.2, 0.25) is 27.7 Å². The fraction of sp³-hybridized carbons (Fsp3) is 0.489. The number of likely N-dealkylation sites (tertiary alicyclic amines) is 1. The van der Waals surface area contributed by atoms with E-state index in [1.807, 2.05) is 44.4 Å². The molecule has 3 heterocycles. The van der Waals surface area contributed by atoms with Gasteiger partial charge in [-0.2, -0.15) is 13.2 Å². The van der Waals surface area contributed by atoms with Gasteiger partial charge in [0.15, 0.2) is 0 Å². The number of rotatable bonds is 19. The first-order chi connectivity index (χ1) is 30.3. The molecule has 2 aliphatic carbocycles. The molecule has 3 aliphatic rings. The highest BCUT2D eigenvalue weighted by molar-refractivity contribution is 7.90. The molecular formula is C45H52F4N6O7S2. The Morgan fingerprint density at radius 1 is 1.05 bits per heavy atom. The summed E-state index contributed by atoms with van der Waals surface area (Å²) in [6.07, 6.45) is 2.41. The number of carbonyl (C=O) groups excluding carboxylic acids is 3. The van der Waals surface area contributed by atoms with E-state index < -0.39 is 68.7 Å². The number of anilines is 1. The van der Waals surface area contributed by atoms with Crippen LogP contribution in [0.4, 0.5) is 23.2 Å². The van der Waals surface area contributed by atoms with Crippen molar-refractivity contribution in [3.63, 3.8) is 0 Å². The highest BCUT2D eigenvalue weighted by Gasteiger charge is 2.45. The summed E-state index contributed by atoms with van der Waals surface area (Å²) in [7, 11) is -2.04. The van der Waals surface area contributed by atoms with Crippen molar-refractivity contribution >= 4 is 55.7 Å². The number of sulfonamides is 1. The van der Waals surface area contributed by atoms with Crippen LogP contribution in [0.5, 0.6) is 11.5 Å². The molecule has 2 aromatic heterocycles. The Hall–Kier alpha value is -5.30. The van der Waals surface area contributed by atoms with Crippen LogP contribution in [-0.4, -0.2) is 78.1 Å². The number of thiazole rings is 1. The number of methoxy groups -OCH3 is 1. The second kappa shape index (κ2) is 19.0. The molecule has 1 aliphatic heterocycles. The number of alkyl halides is 3. The van der Waals surface area contributed by atoms with Crippen LogP contribution in [0.2, 0.25) is 0 Å². The van der Waals surface area contributed by atoms with Gasteiger partial charge < -0.3 is 25.4 Å². The van der Waals surface area contributed by atoms with Gasteiger partial charge in [-0.25, -0.2) is 22.8 Å². The summed E-state index contributed by atoms with van der Waals surface area (Å²) in [5, 5.41) is 5.65. The van der Waals surface area contributed by atoms with Crippen LogP contribution in [0, 0.1) is 24.6 Å². The van der Waals surface area contributed by atoms with Crippen molar-refractivity contribution < 1.29 is 49.8 Å². The minimum absolute atomic E-state index is 0.0290. The standard InChI is InChI=1S/C45H52F4N6O7S2/c1-24(2)36-23-63-43(53-36)35-21-39(32-14-15-38(61-4)25(3)40(32)52-35)62-30-20-37(41(50)56)55(22-30)44(58)34(51-29-18-27(45(47,48)49)17-28(46)19-29)11-9-7-5-6-8-10-26-16-33(26)42(57)54-64(59,60)31-12-13-31/h8,10,14-15,17-19,21,23-24,26,30-31,33-34,37,51H,5-7,9,11-13,16,20,22H2,1-4H3,(H2,50,56)(H,54,57)/b10-8-/t26-,30?,33+,34+,37+/m1/s1. The zero-order chi connectivity index (χ0) is 46.1. The van der Waals surface area contributed by atoms with Gasteiger partial charge in [0.05, 0.1) is 35.7 Å². The van der Waals surface area contributed by atoms with Gasteiger partial charge in [-0.3, -0.25) is 19.1 Å². The normalized spacial score (nSPS) is 20.5. The molecule has 0 radical (unpaired) electrons. The molecule has 0 spiro atoms. The number of benzene rings is 2. The van der Waals surface area contributed by atoms with Gasteiger partial charge >= 0.3 is 6.18 Å². The third-order valence-electron chi connectivity index (χ3n) is 11.9. The van der Waals surface area contributed by atoms with Crippen molar-refractivity contribution in [2.45, 2.75) is 114 Å². The summed E-state index contributed by atoms with van der Waals surface area (Å²) in [5.74, 6) is -2.24. The molecule has 1 saturated heterocycles. The van der Waals surface area contributed by atoms with Crippen LogP contribution in [-0.2, 0) is 30.6 Å². The molecular weight excluding hydrogens is 877 g/mol. The predicted molar refractivity (Wildman–Crippen MR) is 235 cm³/mol. The average Bonchev–Trinajstić information content (AvgIpc) is 4.14. The number of amides is 3. The third kappa shape index (κ3) is 11.0. The van der Waals surface area contributed by atoms with E-state index >= 15 is 0 Å². The van der Waals surface area contributed by atoms with E-state index in [2.05, 4.69) is 10.0 Å². The molecule has 2 aromatic carbocycles. The topological polar surface area (TPSA) is 183 Å². The predicted octanol–water partition coefficient (Wildman–Crippen LogP) is 8.02. The van der Waals surface area contributed by atoms with Crippen LogP contribution in [0.3, 0.4) is 0 Å². The van der Waals surface area contributed by atoms with Gasteiger partial charge in [0.1, 0.15) is 46.2 Å². The Labute approximate surface area is 373 Å². The molecule has 64 heavy (non-hydrogen) atoms. The maximum atomic E-state index is 14.6. The lowest BCUT2D eigenvalue weighted by molar-refractivity contribution is -0.138. The number of nitrogens with zero attached hydrogens (tertiary/aromatic N) is 3. The number of ether oxygens (including phenoxy) is 2. The quantitative estimate of drug-likeness (QED) is 0.0473. The molecule has 19 heteroatoms. The summed E-state index contributed by atoms with van der Waals surface area (Å²) >= 11 is 1.44. The second-order valence-electron chi connectivity index (χ2n) is 17.1. The smallest absolute Gasteiger partial charge is 0.416 e. The van der Waals surface area contributed by atoms with Crippen LogP contribution >= 0.6 is 11.3 Å². The molecule has 344 valence electrons. The summed E-state index contributed by atoms with van der Waals surface area (Å²) < 4.78 is 94.4. The average molecular weight is 929 g/mol. The largest absolute Gasteiger partial charge is 0.496 e. The molecule has 7 rings (SSSR count). The molecule has 13 nitrogen and oxygen atoms in total. The first kappa shape index (κ1) is 46.7. The lowest BCUT2D eigenvalue weighted by atomic mass is 10.0. The number of pyridine rings is 1. The van der Waals surface area contributed by atoms with Gasteiger partial charge in [0, 0.05) is 40.4 Å². The maximum absolute atomic E-state index is 14.6. The molecule has 1 unspecified atom stereocenters. The number of carbonyl (C=O) groups is 3. The van der Waals surface area contributed by atoms with Crippen LogP contribution < -0.4 is 25.2 Å². The first-order valence-corrected chi connectivity index (χ1v) is 23.8. The summed E-state index contributed by atoms with van der Waals surface area (Å²) in [5.41, 5.74) is 7.24. The number of nitrogens with two attached hydrogens (primary N) is 1. The van der Waals surface area contributed by atoms with Gasteiger partial charge in [-0.15, -0.1) is 11.3 Å². The van der Waals surface area contributed by atoms with Crippen molar-refractivity contribution in [2.24, 2.45) is 17.6 Å². The SMILES string of the molecule is COc1ccc2c(OC3C[C@@H](C(N)=O)N(C(=O)[C@H](CCCCC/C=C\[C@@H]4C[C@@H]4C(=O)NS(=O)(=O)C4CC4)Nc4cc(F)cc(C(F)(F)F)c4)C3)cc(-c3nc(C(C)C)cs3)nc2c1C. The van der Waals surface area contributed by atoms with E-state index in [-0.39, 0.29) is 42.8 Å². The molecule has 4 N–H and O–H groups in total. The van der Waals surface area contributed by atoms with Crippen LogP contribution in [0.25, 0.3) is 21.6 Å². The van der Waals surface area contributed by atoms with Gasteiger partial charge in [0.25, 0.3) is 0 Å². The third-order valence-corrected chi connectivity index (χ3v) is 14.6. The second-order valence-corrected chi connectivity index (χ2v) is 19.9. The van der Waals surface area contributed by atoms with E-state index in [0.717, 1.165) is 23.4 Å². The number of allylic oxidation sites excluding steroid dienone is 2. The van der Waals surface area contributed by atoms with Crippen molar-refractivity contribution in [1.82, 2.24) is 19.6 Å². The number of hydrogen-bond donors (Lipinski definition) is 3. The van der Waals surface area contributed by atoms with E-state index in [9.17, 15) is 40.4 Å². The van der Waals surface area contributed by atoms with Crippen molar-refractivity contribution in [2.75, 3.05) is 19.0 Å². The monoisotopic (exact) mass is 928 g/mol. The van der Waals surface area contributed by atoms with E-state index in [0.29, 0.717) is 84.1 Å². The van der Waals surface area contributed by atoms with E-state index in [1.165, 1.54) is 16.2 Å². The highest BCUT2D eigenvalue weighted by Crippen LogP contribution is 2.41. The minimum atomic E-state index is -4.85. The Balaban J connectivity index is 1.06. The summed E-state index contributed by atoms with van der Waals surface area (Å²) in [4.78, 5) is 50.9. The van der Waals surface area contributed by atoms with Crippen LogP contribution in [0.15, 0.2) is 53.9 Å². The van der Waals surface area contributed by atoms with E-state index in [4.69, 9.17) is 25.2 Å². The number of aromatic nitrogens is 2.